The van der Waals surface area contributed by atoms with Crippen LogP contribution < -0.4 is 10.6 Å². The van der Waals surface area contributed by atoms with Crippen molar-refractivity contribution in [1.82, 2.24) is 15.6 Å². The molecule has 0 aliphatic rings. The predicted molar refractivity (Wildman–Crippen MR) is 74.5 cm³/mol. The molecule has 1 aromatic rings. The monoisotopic (exact) mass is 303 g/mol. The molecule has 0 fully saturated rings. The van der Waals surface area contributed by atoms with Gasteiger partial charge in [0.2, 0.25) is 5.91 Å². The second-order valence-corrected chi connectivity index (χ2v) is 4.75. The van der Waals surface area contributed by atoms with E-state index in [1.807, 2.05) is 6.92 Å². The maximum absolute atomic E-state index is 11.9. The normalized spacial score (nSPS) is 11.8. The summed E-state index contributed by atoms with van der Waals surface area (Å²) in [4.78, 5) is 27.4. The molecule has 19 heavy (non-hydrogen) atoms. The van der Waals surface area contributed by atoms with Gasteiger partial charge >= 0.3 is 0 Å². The summed E-state index contributed by atoms with van der Waals surface area (Å²) in [5.74, 6) is -0.792. The number of rotatable bonds is 5. The van der Waals surface area contributed by atoms with Gasteiger partial charge in [-0.2, -0.15) is 0 Å². The zero-order valence-corrected chi connectivity index (χ0v) is 12.2. The van der Waals surface area contributed by atoms with Crippen LogP contribution in [0.3, 0.4) is 0 Å². The Morgan fingerprint density at radius 3 is 2.68 bits per heavy atom. The topological polar surface area (TPSA) is 71.1 Å². The van der Waals surface area contributed by atoms with Gasteiger partial charge in [-0.1, -0.05) is 30.1 Å². The predicted octanol–water partition coefficient (Wildman–Crippen LogP) is 2.03. The van der Waals surface area contributed by atoms with Crippen molar-refractivity contribution in [3.63, 3.8) is 0 Å². The van der Waals surface area contributed by atoms with Crippen LogP contribution in [-0.2, 0) is 4.79 Å². The second-order valence-electron chi connectivity index (χ2n) is 3.95. The highest BCUT2D eigenvalue weighted by atomic mass is 35.5. The number of aromatic nitrogens is 1. The molecule has 0 radical (unpaired) electrons. The third-order valence-corrected chi connectivity index (χ3v) is 2.83. The van der Waals surface area contributed by atoms with Crippen molar-refractivity contribution < 1.29 is 9.59 Å². The molecule has 0 aromatic carbocycles. The number of carbonyl (C=O) groups excluding carboxylic acids is 2. The van der Waals surface area contributed by atoms with Crippen LogP contribution in [0.2, 0.25) is 10.2 Å². The van der Waals surface area contributed by atoms with Crippen molar-refractivity contribution in [2.45, 2.75) is 26.3 Å². The Morgan fingerprint density at radius 2 is 2.05 bits per heavy atom. The molecule has 0 saturated carbocycles. The van der Waals surface area contributed by atoms with E-state index in [0.29, 0.717) is 6.54 Å². The molecule has 1 atom stereocenters. The van der Waals surface area contributed by atoms with Gasteiger partial charge in [-0.05, 0) is 25.5 Å². The first kappa shape index (κ1) is 15.7. The van der Waals surface area contributed by atoms with Crippen molar-refractivity contribution in [3.8, 4) is 0 Å². The van der Waals surface area contributed by atoms with Crippen LogP contribution in [0.15, 0.2) is 12.1 Å². The molecule has 0 aliphatic heterocycles. The molecule has 0 spiro atoms. The number of hydrogen-bond donors (Lipinski definition) is 2. The van der Waals surface area contributed by atoms with Crippen molar-refractivity contribution >= 4 is 35.0 Å². The van der Waals surface area contributed by atoms with Gasteiger partial charge in [-0.3, -0.25) is 9.59 Å². The summed E-state index contributed by atoms with van der Waals surface area (Å²) in [6, 6.07) is 2.29. The lowest BCUT2D eigenvalue weighted by Gasteiger charge is -2.14. The average molecular weight is 304 g/mol. The highest BCUT2D eigenvalue weighted by Crippen LogP contribution is 2.16. The van der Waals surface area contributed by atoms with E-state index >= 15 is 0 Å². The number of hydrogen-bond acceptors (Lipinski definition) is 3. The van der Waals surface area contributed by atoms with Gasteiger partial charge in [0.15, 0.2) is 0 Å². The van der Waals surface area contributed by atoms with E-state index in [2.05, 4.69) is 15.6 Å². The summed E-state index contributed by atoms with van der Waals surface area (Å²) in [5.41, 5.74) is 0.00399. The fraction of sp³-hybridized carbons (Fsp3) is 0.417. The Hall–Kier alpha value is -1.33. The molecule has 2 amide bonds. The standard InChI is InChI=1S/C12H15Cl2N3O2/c1-3-6-15-11(18)7(2)16-12(19)10-8(13)4-5-9(14)17-10/h4-5,7H,3,6H2,1-2H3,(H,15,18)(H,16,19). The fourth-order valence-electron chi connectivity index (χ4n) is 1.31. The first-order chi connectivity index (χ1) is 8.95. The first-order valence-electron chi connectivity index (χ1n) is 5.86. The van der Waals surface area contributed by atoms with Crippen molar-refractivity contribution in [2.75, 3.05) is 6.54 Å². The largest absolute Gasteiger partial charge is 0.354 e. The van der Waals surface area contributed by atoms with Crippen molar-refractivity contribution in [3.05, 3.63) is 28.0 Å². The lowest BCUT2D eigenvalue weighted by Crippen LogP contribution is -2.45. The molecule has 0 saturated heterocycles. The van der Waals surface area contributed by atoms with E-state index in [-0.39, 0.29) is 21.8 Å². The Kier molecular flexibility index (Phi) is 6.05. The van der Waals surface area contributed by atoms with Crippen molar-refractivity contribution in [1.29, 1.82) is 0 Å². The number of nitrogens with one attached hydrogen (secondary N) is 2. The maximum atomic E-state index is 11.9. The molecular formula is C12H15Cl2N3O2. The number of amides is 2. The summed E-state index contributed by atoms with van der Waals surface area (Å²) in [6.07, 6.45) is 0.827. The van der Waals surface area contributed by atoms with Crippen LogP contribution in [0.1, 0.15) is 30.8 Å². The van der Waals surface area contributed by atoms with Crippen LogP contribution in [0.4, 0.5) is 0 Å². The number of carbonyl (C=O) groups is 2. The highest BCUT2D eigenvalue weighted by molar-refractivity contribution is 6.34. The number of halogens is 2. The molecule has 0 aliphatic carbocycles. The quantitative estimate of drug-likeness (QED) is 0.818. The van der Waals surface area contributed by atoms with Gasteiger partial charge in [0.05, 0.1) is 5.02 Å². The number of nitrogens with zero attached hydrogens (tertiary/aromatic N) is 1. The van der Waals surface area contributed by atoms with Crippen LogP contribution in [0.25, 0.3) is 0 Å². The molecule has 1 heterocycles. The number of pyridine rings is 1. The summed E-state index contributed by atoms with van der Waals surface area (Å²) < 4.78 is 0. The average Bonchev–Trinajstić information content (AvgIpc) is 2.38. The zero-order valence-electron chi connectivity index (χ0n) is 10.7. The Labute approximate surface area is 121 Å². The smallest absolute Gasteiger partial charge is 0.272 e. The molecule has 2 N–H and O–H groups in total. The minimum absolute atomic E-state index is 0.00399. The molecule has 1 unspecified atom stereocenters. The molecule has 0 bridgehead atoms. The molecule has 7 heteroatoms. The highest BCUT2D eigenvalue weighted by Gasteiger charge is 2.19. The van der Waals surface area contributed by atoms with Crippen molar-refractivity contribution in [2.24, 2.45) is 0 Å². The Balaban J connectivity index is 2.68. The molecule has 1 aromatic heterocycles. The van der Waals surface area contributed by atoms with E-state index in [1.165, 1.54) is 12.1 Å². The minimum Gasteiger partial charge on any atom is -0.354 e. The SMILES string of the molecule is CCCNC(=O)C(C)NC(=O)c1nc(Cl)ccc1Cl. The molecular weight excluding hydrogens is 289 g/mol. The van der Waals surface area contributed by atoms with Crippen LogP contribution in [-0.4, -0.2) is 29.4 Å². The first-order valence-corrected chi connectivity index (χ1v) is 6.62. The summed E-state index contributed by atoms with van der Waals surface area (Å²) >= 11 is 11.6. The van der Waals surface area contributed by atoms with Gasteiger partial charge < -0.3 is 10.6 Å². The van der Waals surface area contributed by atoms with E-state index in [0.717, 1.165) is 6.42 Å². The summed E-state index contributed by atoms with van der Waals surface area (Å²) in [7, 11) is 0. The van der Waals surface area contributed by atoms with E-state index in [9.17, 15) is 9.59 Å². The van der Waals surface area contributed by atoms with Crippen LogP contribution >= 0.6 is 23.2 Å². The van der Waals surface area contributed by atoms with Gasteiger partial charge in [0.1, 0.15) is 16.9 Å². The lowest BCUT2D eigenvalue weighted by atomic mass is 10.2. The zero-order chi connectivity index (χ0) is 14.4. The van der Waals surface area contributed by atoms with Crippen LogP contribution in [0, 0.1) is 0 Å². The van der Waals surface area contributed by atoms with Gasteiger partial charge in [-0.15, -0.1) is 0 Å². The van der Waals surface area contributed by atoms with E-state index in [1.54, 1.807) is 6.92 Å². The maximum Gasteiger partial charge on any atom is 0.272 e. The van der Waals surface area contributed by atoms with E-state index in [4.69, 9.17) is 23.2 Å². The molecule has 5 nitrogen and oxygen atoms in total. The second kappa shape index (κ2) is 7.31. The molecule has 104 valence electrons. The van der Waals surface area contributed by atoms with Gasteiger partial charge in [-0.25, -0.2) is 4.98 Å². The minimum atomic E-state index is -0.670. The van der Waals surface area contributed by atoms with Gasteiger partial charge in [0.25, 0.3) is 5.91 Å². The lowest BCUT2D eigenvalue weighted by molar-refractivity contribution is -0.122. The van der Waals surface area contributed by atoms with Crippen LogP contribution in [0.5, 0.6) is 0 Å². The Bertz CT molecular complexity index is 480. The van der Waals surface area contributed by atoms with E-state index < -0.39 is 11.9 Å². The molecule has 1 rings (SSSR count). The summed E-state index contributed by atoms with van der Waals surface area (Å²) in [6.45, 7) is 4.09. The fourth-order valence-corrected chi connectivity index (χ4v) is 1.65. The Morgan fingerprint density at radius 1 is 1.37 bits per heavy atom. The third kappa shape index (κ3) is 4.69. The van der Waals surface area contributed by atoms with Gasteiger partial charge in [0, 0.05) is 6.54 Å². The third-order valence-electron chi connectivity index (χ3n) is 2.32. The summed E-state index contributed by atoms with van der Waals surface area (Å²) in [5, 5.41) is 5.55.